The first-order chi connectivity index (χ1) is 14.5. The fourth-order valence-corrected chi connectivity index (χ4v) is 6.54. The average Bonchev–Trinajstić information content (AvgIpc) is 3.11. The predicted molar refractivity (Wildman–Crippen MR) is 124 cm³/mol. The Morgan fingerprint density at radius 1 is 1.27 bits per heavy atom. The maximum Gasteiger partial charge on any atom is 0.260 e. The number of rotatable bonds is 3. The van der Waals surface area contributed by atoms with Crippen LogP contribution in [0, 0.1) is 12.8 Å². The van der Waals surface area contributed by atoms with E-state index in [1.54, 1.807) is 11.3 Å². The van der Waals surface area contributed by atoms with Crippen molar-refractivity contribution < 1.29 is 4.90 Å². The monoisotopic (exact) mass is 423 g/mol. The number of hydrogen-bond donors (Lipinski definition) is 2. The molecule has 2 aliphatic rings. The number of fused-ring (bicyclic) bond motifs is 3. The summed E-state index contributed by atoms with van der Waals surface area (Å²) in [4.78, 5) is 27.4. The quantitative estimate of drug-likeness (QED) is 0.681. The highest BCUT2D eigenvalue weighted by Gasteiger charge is 2.29. The number of nitrogens with one attached hydrogen (secondary N) is 2. The number of nitrogens with zero attached hydrogens (tertiary/aromatic N) is 2. The Labute approximate surface area is 181 Å². The van der Waals surface area contributed by atoms with E-state index in [-0.39, 0.29) is 11.6 Å². The zero-order valence-corrected chi connectivity index (χ0v) is 18.9. The summed E-state index contributed by atoms with van der Waals surface area (Å²) in [6.07, 6.45) is 3.28. The number of anilines is 1. The van der Waals surface area contributed by atoms with Crippen molar-refractivity contribution in [3.63, 3.8) is 0 Å². The number of thiophene rings is 1. The molecule has 1 aliphatic heterocycles. The van der Waals surface area contributed by atoms with Crippen LogP contribution in [0.5, 0.6) is 0 Å². The van der Waals surface area contributed by atoms with Crippen LogP contribution in [-0.2, 0) is 12.8 Å². The number of aromatic amines is 1. The molecule has 0 unspecified atom stereocenters. The highest BCUT2D eigenvalue weighted by molar-refractivity contribution is 7.18. The Morgan fingerprint density at radius 3 is 2.80 bits per heavy atom. The molecule has 3 aromatic rings. The van der Waals surface area contributed by atoms with Crippen molar-refractivity contribution in [3.8, 4) is 0 Å². The Kier molecular flexibility index (Phi) is 5.15. The number of aryl methyl sites for hydroxylation is 2. The van der Waals surface area contributed by atoms with Crippen LogP contribution in [0.3, 0.4) is 0 Å². The van der Waals surface area contributed by atoms with Crippen LogP contribution >= 0.6 is 11.3 Å². The molecule has 1 fully saturated rings. The third-order valence-corrected chi connectivity index (χ3v) is 8.22. The molecular formula is C24H31N4OS+. The minimum absolute atomic E-state index is 0.0619. The van der Waals surface area contributed by atoms with Gasteiger partial charge in [-0.2, -0.15) is 0 Å². The number of quaternary nitrogens is 1. The van der Waals surface area contributed by atoms with E-state index in [1.807, 2.05) is 0 Å². The van der Waals surface area contributed by atoms with Gasteiger partial charge in [-0.15, -0.1) is 11.3 Å². The lowest BCUT2D eigenvalue weighted by Crippen LogP contribution is -3.14. The second-order valence-corrected chi connectivity index (χ2v) is 10.2. The summed E-state index contributed by atoms with van der Waals surface area (Å²) in [5, 5.41) is 0.859. The summed E-state index contributed by atoms with van der Waals surface area (Å²) in [5.74, 6) is 1.55. The van der Waals surface area contributed by atoms with E-state index in [2.05, 4.69) is 54.9 Å². The van der Waals surface area contributed by atoms with Crippen molar-refractivity contribution in [2.75, 3.05) is 31.1 Å². The van der Waals surface area contributed by atoms with E-state index in [0.29, 0.717) is 5.92 Å². The molecule has 3 heterocycles. The van der Waals surface area contributed by atoms with Gasteiger partial charge in [0, 0.05) is 10.6 Å². The van der Waals surface area contributed by atoms with Gasteiger partial charge < -0.3 is 14.8 Å². The second kappa shape index (κ2) is 7.82. The van der Waals surface area contributed by atoms with E-state index in [1.165, 1.54) is 33.0 Å². The van der Waals surface area contributed by atoms with Crippen molar-refractivity contribution in [1.82, 2.24) is 9.97 Å². The molecule has 158 valence electrons. The van der Waals surface area contributed by atoms with Crippen LogP contribution in [0.1, 0.15) is 48.1 Å². The van der Waals surface area contributed by atoms with Crippen LogP contribution in [-0.4, -0.2) is 36.1 Å². The standard InChI is InChI=1S/C24H30N4OS/c1-15-8-9-18-20(14-15)30-24-21(18)23(29)25-22(26-24)17(3)27-10-12-28(13-11-27)19-7-5-4-6-16(19)2/h4-7,15,17H,8-14H2,1-3H3,(H,25,26,29)/p+1/t15-,17-/m0/s1. The molecule has 5 rings (SSSR count). The smallest absolute Gasteiger partial charge is 0.260 e. The van der Waals surface area contributed by atoms with Crippen molar-refractivity contribution in [2.24, 2.45) is 5.92 Å². The lowest BCUT2D eigenvalue weighted by Gasteiger charge is -2.36. The summed E-state index contributed by atoms with van der Waals surface area (Å²) in [5.41, 5.74) is 4.00. The molecule has 1 aromatic carbocycles. The Balaban J connectivity index is 1.36. The van der Waals surface area contributed by atoms with E-state index in [4.69, 9.17) is 4.98 Å². The fourth-order valence-electron chi connectivity index (χ4n) is 5.15. The average molecular weight is 424 g/mol. The van der Waals surface area contributed by atoms with Gasteiger partial charge in [0.25, 0.3) is 5.56 Å². The van der Waals surface area contributed by atoms with Crippen molar-refractivity contribution >= 4 is 27.2 Å². The Hall–Kier alpha value is -2.18. The zero-order chi connectivity index (χ0) is 20.8. The molecule has 30 heavy (non-hydrogen) atoms. The molecule has 2 N–H and O–H groups in total. The highest BCUT2D eigenvalue weighted by atomic mass is 32.1. The molecule has 0 bridgehead atoms. The van der Waals surface area contributed by atoms with Crippen LogP contribution in [0.2, 0.25) is 0 Å². The van der Waals surface area contributed by atoms with Gasteiger partial charge >= 0.3 is 0 Å². The molecular weight excluding hydrogens is 392 g/mol. The minimum atomic E-state index is 0.0619. The largest absolute Gasteiger partial charge is 0.360 e. The second-order valence-electron chi connectivity index (χ2n) is 9.14. The number of benzene rings is 1. The molecule has 0 spiro atoms. The van der Waals surface area contributed by atoms with Gasteiger partial charge in [-0.05, 0) is 56.2 Å². The molecule has 6 heteroatoms. The predicted octanol–water partition coefficient (Wildman–Crippen LogP) is 2.88. The summed E-state index contributed by atoms with van der Waals surface area (Å²) < 4.78 is 0. The molecule has 2 aromatic heterocycles. The Bertz CT molecular complexity index is 1130. The van der Waals surface area contributed by atoms with Crippen LogP contribution < -0.4 is 15.4 Å². The minimum Gasteiger partial charge on any atom is -0.360 e. The van der Waals surface area contributed by atoms with E-state index in [0.717, 1.165) is 55.1 Å². The van der Waals surface area contributed by atoms with E-state index >= 15 is 0 Å². The van der Waals surface area contributed by atoms with Gasteiger partial charge in [-0.3, -0.25) is 4.79 Å². The van der Waals surface area contributed by atoms with E-state index in [9.17, 15) is 4.79 Å². The SMILES string of the molecule is Cc1ccccc1N1CC[NH+]([C@@H](C)c2nc3sc4c(c3c(=O)[nH]2)CC[C@H](C)C4)CC1. The normalized spacial score (nSPS) is 21.0. The molecule has 0 radical (unpaired) electrons. The maximum absolute atomic E-state index is 13.0. The van der Waals surface area contributed by atoms with Gasteiger partial charge in [-0.1, -0.05) is 25.1 Å². The molecule has 5 nitrogen and oxygen atoms in total. The number of H-pyrrole nitrogens is 1. The molecule has 0 amide bonds. The van der Waals surface area contributed by atoms with Crippen molar-refractivity contribution in [2.45, 2.75) is 46.1 Å². The summed E-state index contributed by atoms with van der Waals surface area (Å²) in [6, 6.07) is 8.82. The summed E-state index contributed by atoms with van der Waals surface area (Å²) in [7, 11) is 0. The number of hydrogen-bond acceptors (Lipinski definition) is 4. The summed E-state index contributed by atoms with van der Waals surface area (Å²) >= 11 is 1.75. The van der Waals surface area contributed by atoms with Crippen LogP contribution in [0.4, 0.5) is 5.69 Å². The first-order valence-corrected chi connectivity index (χ1v) is 12.0. The van der Waals surface area contributed by atoms with Crippen LogP contribution in [0.15, 0.2) is 29.1 Å². The third-order valence-electron chi connectivity index (χ3n) is 7.07. The number of aromatic nitrogens is 2. The van der Waals surface area contributed by atoms with E-state index < -0.39 is 0 Å². The molecule has 2 atom stereocenters. The Morgan fingerprint density at radius 2 is 2.03 bits per heavy atom. The van der Waals surface area contributed by atoms with Gasteiger partial charge in [0.05, 0.1) is 31.6 Å². The maximum atomic E-state index is 13.0. The molecule has 1 saturated heterocycles. The highest BCUT2D eigenvalue weighted by Crippen LogP contribution is 2.35. The lowest BCUT2D eigenvalue weighted by molar-refractivity contribution is -0.930. The first kappa shape index (κ1) is 19.8. The molecule has 0 saturated carbocycles. The van der Waals surface area contributed by atoms with Crippen molar-refractivity contribution in [1.29, 1.82) is 0 Å². The number of piperazine rings is 1. The number of para-hydroxylation sites is 1. The summed E-state index contributed by atoms with van der Waals surface area (Å²) in [6.45, 7) is 10.9. The van der Waals surface area contributed by atoms with Gasteiger partial charge in [0.1, 0.15) is 10.9 Å². The van der Waals surface area contributed by atoms with Gasteiger partial charge in [0.2, 0.25) is 0 Å². The first-order valence-electron chi connectivity index (χ1n) is 11.2. The van der Waals surface area contributed by atoms with Gasteiger partial charge in [-0.25, -0.2) is 4.98 Å². The molecule has 1 aliphatic carbocycles. The van der Waals surface area contributed by atoms with Crippen LogP contribution in [0.25, 0.3) is 10.2 Å². The zero-order valence-electron chi connectivity index (χ0n) is 18.1. The topological polar surface area (TPSA) is 53.4 Å². The third kappa shape index (κ3) is 3.46. The lowest BCUT2D eigenvalue weighted by atomic mass is 9.89. The van der Waals surface area contributed by atoms with Crippen molar-refractivity contribution in [3.05, 3.63) is 56.4 Å². The van der Waals surface area contributed by atoms with Gasteiger partial charge in [0.15, 0.2) is 5.82 Å². The fraction of sp³-hybridized carbons (Fsp3) is 0.500.